The van der Waals surface area contributed by atoms with E-state index in [2.05, 4.69) is 4.72 Å². The van der Waals surface area contributed by atoms with Gasteiger partial charge in [0.05, 0.1) is 0 Å². The van der Waals surface area contributed by atoms with Gasteiger partial charge in [-0.25, -0.2) is 5.14 Å². The Morgan fingerprint density at radius 1 is 1.45 bits per heavy atom. The second-order valence-electron chi connectivity index (χ2n) is 3.16. The first-order chi connectivity index (χ1) is 4.65. The molecule has 0 amide bonds. The van der Waals surface area contributed by atoms with Crippen molar-refractivity contribution in [3.63, 3.8) is 0 Å². The minimum Gasteiger partial charge on any atom is -0.326 e. The van der Waals surface area contributed by atoms with Crippen LogP contribution in [0.3, 0.4) is 0 Å². The Bertz CT molecular complexity index is 220. The SMILES string of the molecule is CC(N)C(C)(C)NS(N)(=O)=O. The van der Waals surface area contributed by atoms with E-state index in [0.717, 1.165) is 0 Å². The van der Waals surface area contributed by atoms with Crippen molar-refractivity contribution in [2.24, 2.45) is 10.9 Å². The van der Waals surface area contributed by atoms with Crippen molar-refractivity contribution in [1.29, 1.82) is 0 Å². The van der Waals surface area contributed by atoms with Crippen LogP contribution in [0.2, 0.25) is 0 Å². The number of rotatable bonds is 3. The zero-order valence-corrected chi connectivity index (χ0v) is 7.77. The molecular formula is C5H15N3O2S. The summed E-state index contributed by atoms with van der Waals surface area (Å²) in [6.07, 6.45) is 0. The average Bonchev–Trinajstić information content (AvgIpc) is 1.56. The summed E-state index contributed by atoms with van der Waals surface area (Å²) in [6.45, 7) is 5.04. The number of nitrogens with one attached hydrogen (secondary N) is 1. The van der Waals surface area contributed by atoms with E-state index in [0.29, 0.717) is 0 Å². The van der Waals surface area contributed by atoms with Crippen molar-refractivity contribution in [3.8, 4) is 0 Å². The zero-order chi connectivity index (χ0) is 9.28. The molecule has 0 aromatic heterocycles. The summed E-state index contributed by atoms with van der Waals surface area (Å²) in [7, 11) is -3.66. The van der Waals surface area contributed by atoms with Gasteiger partial charge >= 0.3 is 0 Å². The zero-order valence-electron chi connectivity index (χ0n) is 6.96. The summed E-state index contributed by atoms with van der Waals surface area (Å²) in [6, 6.07) is -0.291. The van der Waals surface area contributed by atoms with Gasteiger partial charge in [0.1, 0.15) is 0 Å². The van der Waals surface area contributed by atoms with Crippen molar-refractivity contribution < 1.29 is 8.42 Å². The van der Waals surface area contributed by atoms with E-state index in [4.69, 9.17) is 10.9 Å². The third kappa shape index (κ3) is 4.31. The molecule has 0 aliphatic rings. The third-order valence-corrected chi connectivity index (χ3v) is 2.35. The van der Waals surface area contributed by atoms with Gasteiger partial charge in [-0.2, -0.15) is 13.1 Å². The summed E-state index contributed by atoms with van der Waals surface area (Å²) in [5, 5.41) is 4.76. The van der Waals surface area contributed by atoms with Gasteiger partial charge in [0.15, 0.2) is 0 Å². The molecule has 6 heteroatoms. The lowest BCUT2D eigenvalue weighted by Crippen LogP contribution is -2.56. The fraction of sp³-hybridized carbons (Fsp3) is 1.00. The lowest BCUT2D eigenvalue weighted by atomic mass is 9.99. The molecule has 0 heterocycles. The molecule has 0 aliphatic carbocycles. The largest absolute Gasteiger partial charge is 0.326 e. The lowest BCUT2D eigenvalue weighted by molar-refractivity contribution is 0.388. The van der Waals surface area contributed by atoms with Gasteiger partial charge in [-0.15, -0.1) is 0 Å². The first-order valence-electron chi connectivity index (χ1n) is 3.22. The van der Waals surface area contributed by atoms with Crippen molar-refractivity contribution in [2.45, 2.75) is 32.4 Å². The highest BCUT2D eigenvalue weighted by Gasteiger charge is 2.26. The van der Waals surface area contributed by atoms with Gasteiger partial charge in [0.2, 0.25) is 0 Å². The summed E-state index contributed by atoms with van der Waals surface area (Å²) in [4.78, 5) is 0. The highest BCUT2D eigenvalue weighted by Crippen LogP contribution is 2.06. The normalized spacial score (nSPS) is 16.5. The standard InChI is InChI=1S/C5H15N3O2S/c1-4(6)5(2,3)8-11(7,9)10/h4,8H,6H2,1-3H3,(H2,7,9,10). The van der Waals surface area contributed by atoms with Crippen LogP contribution < -0.4 is 15.6 Å². The Kier molecular flexibility index (Phi) is 3.01. The van der Waals surface area contributed by atoms with Crippen LogP contribution in [0.25, 0.3) is 0 Å². The maximum Gasteiger partial charge on any atom is 0.274 e. The molecule has 0 radical (unpaired) electrons. The van der Waals surface area contributed by atoms with E-state index < -0.39 is 15.7 Å². The molecule has 1 unspecified atom stereocenters. The van der Waals surface area contributed by atoms with Crippen LogP contribution in [-0.4, -0.2) is 20.0 Å². The average molecular weight is 181 g/mol. The van der Waals surface area contributed by atoms with Crippen LogP contribution in [0.1, 0.15) is 20.8 Å². The molecule has 0 saturated heterocycles. The summed E-state index contributed by atoms with van der Waals surface area (Å²) in [5.74, 6) is 0. The predicted molar refractivity (Wildman–Crippen MR) is 44.0 cm³/mol. The van der Waals surface area contributed by atoms with Crippen molar-refractivity contribution in [1.82, 2.24) is 4.72 Å². The van der Waals surface area contributed by atoms with Gasteiger partial charge < -0.3 is 5.73 Å². The van der Waals surface area contributed by atoms with E-state index in [1.165, 1.54) is 0 Å². The maximum absolute atomic E-state index is 10.6. The molecule has 68 valence electrons. The molecule has 0 saturated carbocycles. The summed E-state index contributed by atoms with van der Waals surface area (Å²) >= 11 is 0. The van der Waals surface area contributed by atoms with Crippen molar-refractivity contribution in [2.75, 3.05) is 0 Å². The number of hydrogen-bond acceptors (Lipinski definition) is 3. The lowest BCUT2D eigenvalue weighted by Gasteiger charge is -2.28. The Balaban J connectivity index is 4.38. The Morgan fingerprint density at radius 3 is 1.91 bits per heavy atom. The maximum atomic E-state index is 10.6. The topological polar surface area (TPSA) is 98.2 Å². The molecule has 5 nitrogen and oxygen atoms in total. The summed E-state index contributed by atoms with van der Waals surface area (Å²) < 4.78 is 23.3. The first-order valence-corrected chi connectivity index (χ1v) is 4.77. The van der Waals surface area contributed by atoms with Crippen LogP contribution in [0.5, 0.6) is 0 Å². The monoisotopic (exact) mass is 181 g/mol. The smallest absolute Gasteiger partial charge is 0.274 e. The fourth-order valence-corrected chi connectivity index (χ4v) is 1.38. The van der Waals surface area contributed by atoms with E-state index in [-0.39, 0.29) is 6.04 Å². The van der Waals surface area contributed by atoms with E-state index in [1.54, 1.807) is 20.8 Å². The molecule has 0 rings (SSSR count). The van der Waals surface area contributed by atoms with Gasteiger partial charge in [-0.3, -0.25) is 0 Å². The highest BCUT2D eigenvalue weighted by molar-refractivity contribution is 7.87. The van der Waals surface area contributed by atoms with Gasteiger partial charge in [-0.1, -0.05) is 0 Å². The third-order valence-electron chi connectivity index (χ3n) is 1.54. The predicted octanol–water partition coefficient (Wildman–Crippen LogP) is -1.09. The number of hydrogen-bond donors (Lipinski definition) is 3. The van der Waals surface area contributed by atoms with Crippen LogP contribution in [0, 0.1) is 0 Å². The van der Waals surface area contributed by atoms with E-state index in [9.17, 15) is 8.42 Å². The molecule has 0 aromatic carbocycles. The molecule has 0 aromatic rings. The highest BCUT2D eigenvalue weighted by atomic mass is 32.2. The number of nitrogens with two attached hydrogens (primary N) is 2. The molecule has 0 bridgehead atoms. The van der Waals surface area contributed by atoms with Gasteiger partial charge in [-0.05, 0) is 20.8 Å². The Hall–Kier alpha value is -0.170. The van der Waals surface area contributed by atoms with Crippen LogP contribution in [0.4, 0.5) is 0 Å². The van der Waals surface area contributed by atoms with Crippen LogP contribution >= 0.6 is 0 Å². The molecule has 0 spiro atoms. The van der Waals surface area contributed by atoms with Gasteiger partial charge in [0, 0.05) is 11.6 Å². The van der Waals surface area contributed by atoms with E-state index in [1.807, 2.05) is 0 Å². The molecular weight excluding hydrogens is 166 g/mol. The first kappa shape index (κ1) is 10.8. The minimum atomic E-state index is -3.66. The molecule has 5 N–H and O–H groups in total. The molecule has 0 fully saturated rings. The molecule has 0 aliphatic heterocycles. The van der Waals surface area contributed by atoms with E-state index >= 15 is 0 Å². The minimum absolute atomic E-state index is 0.291. The van der Waals surface area contributed by atoms with Crippen LogP contribution in [0.15, 0.2) is 0 Å². The Morgan fingerprint density at radius 2 is 1.82 bits per heavy atom. The van der Waals surface area contributed by atoms with Crippen molar-refractivity contribution in [3.05, 3.63) is 0 Å². The second kappa shape index (κ2) is 3.06. The van der Waals surface area contributed by atoms with Crippen molar-refractivity contribution >= 4 is 10.2 Å². The quantitative estimate of drug-likeness (QED) is 0.515. The fourth-order valence-electron chi connectivity index (χ4n) is 0.460. The molecule has 11 heavy (non-hydrogen) atoms. The molecule has 1 atom stereocenters. The Labute approximate surface area is 67.3 Å². The van der Waals surface area contributed by atoms with Crippen LogP contribution in [-0.2, 0) is 10.2 Å². The summed E-state index contributed by atoms with van der Waals surface area (Å²) in [5.41, 5.74) is 4.79. The second-order valence-corrected chi connectivity index (χ2v) is 4.45. The van der Waals surface area contributed by atoms with Gasteiger partial charge in [0.25, 0.3) is 10.2 Å².